The summed E-state index contributed by atoms with van der Waals surface area (Å²) in [7, 11) is 0. The highest BCUT2D eigenvalue weighted by Crippen LogP contribution is 2.24. The first-order valence-corrected chi connectivity index (χ1v) is 7.29. The second-order valence-corrected chi connectivity index (χ2v) is 5.39. The minimum atomic E-state index is 0.774. The molecule has 1 N–H and O–H groups in total. The van der Waals surface area contributed by atoms with Crippen LogP contribution in [0, 0.1) is 5.92 Å². The Kier molecular flexibility index (Phi) is 5.33. The quantitative estimate of drug-likeness (QED) is 0.879. The predicted molar refractivity (Wildman–Crippen MR) is 76.5 cm³/mol. The summed E-state index contributed by atoms with van der Waals surface area (Å²) in [5, 5.41) is 4.23. The number of aryl methyl sites for hydroxylation is 1. The Balaban J connectivity index is 1.82. The first-order chi connectivity index (χ1) is 8.79. The fourth-order valence-electron chi connectivity index (χ4n) is 2.47. The van der Waals surface area contributed by atoms with E-state index in [0.29, 0.717) is 0 Å². The van der Waals surface area contributed by atoms with E-state index in [4.69, 9.17) is 16.3 Å². The van der Waals surface area contributed by atoms with Crippen LogP contribution in [0.1, 0.15) is 31.7 Å². The van der Waals surface area contributed by atoms with Crippen molar-refractivity contribution >= 4 is 11.6 Å². The van der Waals surface area contributed by atoms with Crippen LogP contribution in [0.5, 0.6) is 5.75 Å². The minimum absolute atomic E-state index is 0.774. The molecule has 2 rings (SSSR count). The fourth-order valence-corrected chi connectivity index (χ4v) is 2.67. The van der Waals surface area contributed by atoms with Crippen molar-refractivity contribution in [2.75, 3.05) is 19.7 Å². The summed E-state index contributed by atoms with van der Waals surface area (Å²) < 4.78 is 5.90. The molecule has 1 heterocycles. The van der Waals surface area contributed by atoms with Crippen molar-refractivity contribution in [1.82, 2.24) is 5.32 Å². The van der Waals surface area contributed by atoms with Gasteiger partial charge >= 0.3 is 0 Å². The summed E-state index contributed by atoms with van der Waals surface area (Å²) in [6.07, 6.45) is 4.73. The third kappa shape index (κ3) is 3.89. The van der Waals surface area contributed by atoms with Gasteiger partial charge in [-0.1, -0.05) is 18.5 Å². The lowest BCUT2D eigenvalue weighted by Crippen LogP contribution is -2.30. The molecule has 2 nitrogen and oxygen atoms in total. The lowest BCUT2D eigenvalue weighted by atomic mass is 9.97. The predicted octanol–water partition coefficient (Wildman–Crippen LogP) is 3.67. The van der Waals surface area contributed by atoms with E-state index in [9.17, 15) is 0 Å². The standard InChI is InChI=1S/C15H22ClNO/c1-2-13-10-14(16)5-6-15(13)18-9-7-12-4-3-8-17-11-12/h5-6,10,12,17H,2-4,7-9,11H2,1H3. The molecule has 1 aromatic rings. The molecule has 1 aromatic carbocycles. The summed E-state index contributed by atoms with van der Waals surface area (Å²) in [4.78, 5) is 0. The number of nitrogens with one attached hydrogen (secondary N) is 1. The zero-order chi connectivity index (χ0) is 12.8. The molecule has 0 saturated carbocycles. The van der Waals surface area contributed by atoms with Crippen molar-refractivity contribution in [3.8, 4) is 5.75 Å². The molecule has 1 fully saturated rings. The Hall–Kier alpha value is -0.730. The molecule has 0 bridgehead atoms. The topological polar surface area (TPSA) is 21.3 Å². The van der Waals surface area contributed by atoms with Gasteiger partial charge in [0, 0.05) is 5.02 Å². The molecule has 1 atom stereocenters. The number of rotatable bonds is 5. The maximum Gasteiger partial charge on any atom is 0.122 e. The van der Waals surface area contributed by atoms with E-state index < -0.39 is 0 Å². The maximum absolute atomic E-state index is 5.99. The van der Waals surface area contributed by atoms with Crippen molar-refractivity contribution in [3.05, 3.63) is 28.8 Å². The van der Waals surface area contributed by atoms with Gasteiger partial charge in [0.1, 0.15) is 5.75 Å². The van der Waals surface area contributed by atoms with Gasteiger partial charge in [0.15, 0.2) is 0 Å². The van der Waals surface area contributed by atoms with Crippen LogP contribution in [0.3, 0.4) is 0 Å². The molecule has 100 valence electrons. The average Bonchev–Trinajstić information content (AvgIpc) is 2.41. The molecule has 0 aliphatic carbocycles. The van der Waals surface area contributed by atoms with Gasteiger partial charge in [0.2, 0.25) is 0 Å². The monoisotopic (exact) mass is 267 g/mol. The zero-order valence-corrected chi connectivity index (χ0v) is 11.8. The number of halogens is 1. The Morgan fingerprint density at radius 2 is 2.33 bits per heavy atom. The molecule has 1 unspecified atom stereocenters. The van der Waals surface area contributed by atoms with Crippen LogP contribution in [-0.4, -0.2) is 19.7 Å². The highest BCUT2D eigenvalue weighted by molar-refractivity contribution is 6.30. The normalized spacial score (nSPS) is 19.8. The molecular weight excluding hydrogens is 246 g/mol. The largest absolute Gasteiger partial charge is 0.493 e. The zero-order valence-electron chi connectivity index (χ0n) is 11.0. The van der Waals surface area contributed by atoms with Crippen LogP contribution in [0.4, 0.5) is 0 Å². The van der Waals surface area contributed by atoms with Crippen molar-refractivity contribution in [3.63, 3.8) is 0 Å². The van der Waals surface area contributed by atoms with Gasteiger partial charge in [0.25, 0.3) is 0 Å². The highest BCUT2D eigenvalue weighted by atomic mass is 35.5. The minimum Gasteiger partial charge on any atom is -0.493 e. The smallest absolute Gasteiger partial charge is 0.122 e. The molecule has 3 heteroatoms. The van der Waals surface area contributed by atoms with Crippen LogP contribution in [0.2, 0.25) is 5.02 Å². The van der Waals surface area contributed by atoms with Crippen LogP contribution in [0.15, 0.2) is 18.2 Å². The van der Waals surface area contributed by atoms with Crippen molar-refractivity contribution in [2.45, 2.75) is 32.6 Å². The molecule has 0 amide bonds. The number of ether oxygens (including phenoxy) is 1. The highest BCUT2D eigenvalue weighted by Gasteiger charge is 2.13. The summed E-state index contributed by atoms with van der Waals surface area (Å²) in [5.41, 5.74) is 1.20. The Labute approximate surface area is 115 Å². The number of piperidine rings is 1. The maximum atomic E-state index is 5.99. The first kappa shape index (κ1) is 13.7. The second kappa shape index (κ2) is 7.01. The van der Waals surface area contributed by atoms with Gasteiger partial charge < -0.3 is 10.1 Å². The summed E-state index contributed by atoms with van der Waals surface area (Å²) in [6.45, 7) is 5.25. The van der Waals surface area contributed by atoms with E-state index in [0.717, 1.165) is 42.7 Å². The van der Waals surface area contributed by atoms with Gasteiger partial charge in [-0.3, -0.25) is 0 Å². The van der Waals surface area contributed by atoms with E-state index >= 15 is 0 Å². The first-order valence-electron chi connectivity index (χ1n) is 6.91. The van der Waals surface area contributed by atoms with E-state index in [1.807, 2.05) is 18.2 Å². The van der Waals surface area contributed by atoms with Gasteiger partial charge in [-0.15, -0.1) is 0 Å². The van der Waals surface area contributed by atoms with E-state index in [1.165, 1.54) is 24.9 Å². The third-order valence-corrected chi connectivity index (χ3v) is 3.82. The molecule has 18 heavy (non-hydrogen) atoms. The summed E-state index contributed by atoms with van der Waals surface area (Å²) >= 11 is 5.99. The van der Waals surface area contributed by atoms with Crippen molar-refractivity contribution in [1.29, 1.82) is 0 Å². The Bertz CT molecular complexity index is 375. The molecule has 1 aliphatic rings. The number of hydrogen-bond donors (Lipinski definition) is 1. The molecular formula is C15H22ClNO. The molecule has 0 radical (unpaired) electrons. The van der Waals surface area contributed by atoms with Crippen LogP contribution >= 0.6 is 11.6 Å². The lowest BCUT2D eigenvalue weighted by molar-refractivity contribution is 0.252. The van der Waals surface area contributed by atoms with E-state index in [2.05, 4.69) is 12.2 Å². The SMILES string of the molecule is CCc1cc(Cl)ccc1OCCC1CCCNC1. The van der Waals surface area contributed by atoms with Gasteiger partial charge in [-0.2, -0.15) is 0 Å². The van der Waals surface area contributed by atoms with Crippen molar-refractivity contribution in [2.24, 2.45) is 5.92 Å². The Morgan fingerprint density at radius 3 is 3.06 bits per heavy atom. The summed E-state index contributed by atoms with van der Waals surface area (Å²) in [6, 6.07) is 5.89. The van der Waals surface area contributed by atoms with Gasteiger partial charge in [0.05, 0.1) is 6.61 Å². The Morgan fingerprint density at radius 1 is 1.44 bits per heavy atom. The second-order valence-electron chi connectivity index (χ2n) is 4.96. The van der Waals surface area contributed by atoms with E-state index in [-0.39, 0.29) is 0 Å². The van der Waals surface area contributed by atoms with Crippen molar-refractivity contribution < 1.29 is 4.74 Å². The van der Waals surface area contributed by atoms with Gasteiger partial charge in [-0.25, -0.2) is 0 Å². The average molecular weight is 268 g/mol. The van der Waals surface area contributed by atoms with Gasteiger partial charge in [-0.05, 0) is 68.5 Å². The summed E-state index contributed by atoms with van der Waals surface area (Å²) in [5.74, 6) is 1.77. The third-order valence-electron chi connectivity index (χ3n) is 3.59. The lowest BCUT2D eigenvalue weighted by Gasteiger charge is -2.22. The van der Waals surface area contributed by atoms with Crippen LogP contribution in [-0.2, 0) is 6.42 Å². The fraction of sp³-hybridized carbons (Fsp3) is 0.600. The molecule has 1 saturated heterocycles. The van der Waals surface area contributed by atoms with E-state index in [1.54, 1.807) is 0 Å². The molecule has 0 spiro atoms. The molecule has 0 aromatic heterocycles. The van der Waals surface area contributed by atoms with Crippen LogP contribution in [0.25, 0.3) is 0 Å². The number of hydrogen-bond acceptors (Lipinski definition) is 2. The molecule has 1 aliphatic heterocycles. The van der Waals surface area contributed by atoms with Crippen LogP contribution < -0.4 is 10.1 Å². The number of benzene rings is 1.